The quantitative estimate of drug-likeness (QED) is 0.611. The highest BCUT2D eigenvalue weighted by Gasteiger charge is 2.50. The molecule has 0 amide bonds. The summed E-state index contributed by atoms with van der Waals surface area (Å²) >= 11 is 0. The molecule has 3 fully saturated rings. The molecule has 0 aromatic rings. The van der Waals surface area contributed by atoms with Crippen LogP contribution in [0.1, 0.15) is 78.6 Å². The lowest BCUT2D eigenvalue weighted by molar-refractivity contribution is 0.0961. The number of hydrogen-bond donors (Lipinski definition) is 1. The lowest BCUT2D eigenvalue weighted by atomic mass is 9.61. The van der Waals surface area contributed by atoms with Gasteiger partial charge in [-0.15, -0.1) is 0 Å². The number of aliphatic hydroxyl groups excluding tert-OH is 1. The molecular weight excluding hydrogens is 292 g/mol. The molecule has 3 aliphatic rings. The number of rotatable bonds is 3. The molecule has 0 saturated heterocycles. The average molecular weight is 329 g/mol. The van der Waals surface area contributed by atoms with E-state index in [0.717, 1.165) is 42.6 Å². The maximum Gasteiger partial charge on any atom is 0.0784 e. The van der Waals surface area contributed by atoms with Crippen molar-refractivity contribution in [3.8, 4) is 0 Å². The third-order valence-corrected chi connectivity index (χ3v) is 7.60. The minimum atomic E-state index is -0.318. The highest BCUT2D eigenvalue weighted by molar-refractivity contribution is 5.28. The summed E-state index contributed by atoms with van der Waals surface area (Å²) in [7, 11) is 0. The predicted molar refractivity (Wildman–Crippen MR) is 103 cm³/mol. The van der Waals surface area contributed by atoms with Crippen molar-refractivity contribution >= 4 is 0 Å². The summed E-state index contributed by atoms with van der Waals surface area (Å²) in [5.41, 5.74) is 4.64. The zero-order valence-electron chi connectivity index (χ0n) is 16.0. The van der Waals surface area contributed by atoms with E-state index in [4.69, 9.17) is 0 Å². The smallest absolute Gasteiger partial charge is 0.0784 e. The molecule has 0 spiro atoms. The Kier molecular flexibility index (Phi) is 5.39. The summed E-state index contributed by atoms with van der Waals surface area (Å²) in [6.45, 7) is 11.4. The largest absolute Gasteiger partial charge is 0.388 e. The minimum Gasteiger partial charge on any atom is -0.388 e. The molecule has 24 heavy (non-hydrogen) atoms. The van der Waals surface area contributed by atoms with Gasteiger partial charge in [0.1, 0.15) is 0 Å². The zero-order chi connectivity index (χ0) is 17.3. The zero-order valence-corrected chi connectivity index (χ0v) is 16.0. The lowest BCUT2D eigenvalue weighted by Crippen LogP contribution is -2.35. The first kappa shape index (κ1) is 18.0. The standard InChI is InChI=1S/C23H36O/c1-5-16(2)20-12-13-21-19(7-6-14-23(20,21)4)11-10-18-9-8-17(3)22(24)15-18/h10-11,16,20-22,24H,3,5-9,12-15H2,1-2,4H3/b18-10-,19-11+/t16-,20?,21?,22+,23+/m0/s1. The molecule has 1 nitrogen and oxygen atoms in total. The average Bonchev–Trinajstić information content (AvgIpc) is 2.92. The Balaban J connectivity index is 1.76. The van der Waals surface area contributed by atoms with E-state index in [0.29, 0.717) is 5.41 Å². The maximum atomic E-state index is 10.0. The molecule has 3 aliphatic carbocycles. The van der Waals surface area contributed by atoms with Crippen molar-refractivity contribution in [3.63, 3.8) is 0 Å². The van der Waals surface area contributed by atoms with Gasteiger partial charge in [0.2, 0.25) is 0 Å². The predicted octanol–water partition coefficient (Wildman–Crippen LogP) is 6.20. The normalized spacial score (nSPS) is 41.7. The van der Waals surface area contributed by atoms with Crippen molar-refractivity contribution in [1.82, 2.24) is 0 Å². The summed E-state index contributed by atoms with van der Waals surface area (Å²) in [5, 5.41) is 10.0. The van der Waals surface area contributed by atoms with Gasteiger partial charge in [0, 0.05) is 0 Å². The third-order valence-electron chi connectivity index (χ3n) is 7.60. The van der Waals surface area contributed by atoms with Crippen molar-refractivity contribution in [2.45, 2.75) is 84.7 Å². The van der Waals surface area contributed by atoms with Crippen molar-refractivity contribution in [1.29, 1.82) is 0 Å². The molecule has 0 aromatic heterocycles. The van der Waals surface area contributed by atoms with Crippen LogP contribution in [0.5, 0.6) is 0 Å². The Morgan fingerprint density at radius 3 is 2.75 bits per heavy atom. The van der Waals surface area contributed by atoms with Crippen molar-refractivity contribution in [3.05, 3.63) is 35.5 Å². The van der Waals surface area contributed by atoms with E-state index in [9.17, 15) is 5.11 Å². The van der Waals surface area contributed by atoms with Crippen LogP contribution in [0.2, 0.25) is 0 Å². The van der Waals surface area contributed by atoms with Gasteiger partial charge in [0.05, 0.1) is 6.10 Å². The first-order chi connectivity index (χ1) is 11.5. The summed E-state index contributed by atoms with van der Waals surface area (Å²) in [6, 6.07) is 0. The van der Waals surface area contributed by atoms with Crippen LogP contribution in [0.4, 0.5) is 0 Å². The van der Waals surface area contributed by atoms with E-state index in [1.54, 1.807) is 5.57 Å². The van der Waals surface area contributed by atoms with Gasteiger partial charge in [-0.2, -0.15) is 0 Å². The van der Waals surface area contributed by atoms with Crippen LogP contribution in [0.3, 0.4) is 0 Å². The Bertz CT molecular complexity index is 540. The second-order valence-electron chi connectivity index (χ2n) is 8.93. The van der Waals surface area contributed by atoms with Gasteiger partial charge in [-0.3, -0.25) is 0 Å². The van der Waals surface area contributed by atoms with Crippen LogP contribution >= 0.6 is 0 Å². The van der Waals surface area contributed by atoms with E-state index in [1.807, 2.05) is 0 Å². The van der Waals surface area contributed by atoms with Crippen molar-refractivity contribution in [2.24, 2.45) is 23.2 Å². The third kappa shape index (κ3) is 3.29. The fourth-order valence-corrected chi connectivity index (χ4v) is 5.86. The van der Waals surface area contributed by atoms with Gasteiger partial charge in [-0.25, -0.2) is 0 Å². The van der Waals surface area contributed by atoms with Crippen molar-refractivity contribution < 1.29 is 5.11 Å². The van der Waals surface area contributed by atoms with Crippen molar-refractivity contribution in [2.75, 3.05) is 0 Å². The van der Waals surface area contributed by atoms with Gasteiger partial charge in [0.25, 0.3) is 0 Å². The van der Waals surface area contributed by atoms with Crippen LogP contribution < -0.4 is 0 Å². The number of aliphatic hydroxyl groups is 1. The Labute approximate surface area is 148 Å². The molecule has 1 heteroatoms. The van der Waals surface area contributed by atoms with E-state index in [-0.39, 0.29) is 6.10 Å². The summed E-state index contributed by atoms with van der Waals surface area (Å²) in [6.07, 6.45) is 15.5. The monoisotopic (exact) mass is 328 g/mol. The van der Waals surface area contributed by atoms with E-state index >= 15 is 0 Å². The topological polar surface area (TPSA) is 20.2 Å². The molecule has 5 atom stereocenters. The fourth-order valence-electron chi connectivity index (χ4n) is 5.86. The summed E-state index contributed by atoms with van der Waals surface area (Å²) in [5.74, 6) is 2.56. The number of hydrogen-bond acceptors (Lipinski definition) is 1. The molecule has 0 heterocycles. The molecular formula is C23H36O. The second-order valence-corrected chi connectivity index (χ2v) is 8.93. The Hall–Kier alpha value is -0.820. The highest BCUT2D eigenvalue weighted by atomic mass is 16.3. The Morgan fingerprint density at radius 1 is 1.25 bits per heavy atom. The molecule has 0 aliphatic heterocycles. The first-order valence-electron chi connectivity index (χ1n) is 10.2. The Morgan fingerprint density at radius 2 is 2.04 bits per heavy atom. The molecule has 1 N–H and O–H groups in total. The van der Waals surface area contributed by atoms with Gasteiger partial charge in [0.15, 0.2) is 0 Å². The first-order valence-corrected chi connectivity index (χ1v) is 10.2. The second kappa shape index (κ2) is 7.20. The van der Waals surface area contributed by atoms with Crippen LogP contribution in [-0.2, 0) is 0 Å². The van der Waals surface area contributed by atoms with Gasteiger partial charge >= 0.3 is 0 Å². The number of allylic oxidation sites excluding steroid dienone is 3. The van der Waals surface area contributed by atoms with E-state index in [1.165, 1.54) is 44.1 Å². The van der Waals surface area contributed by atoms with E-state index < -0.39 is 0 Å². The molecule has 0 aromatic carbocycles. The highest BCUT2D eigenvalue weighted by Crippen LogP contribution is 2.59. The van der Waals surface area contributed by atoms with E-state index in [2.05, 4.69) is 39.5 Å². The van der Waals surface area contributed by atoms with Gasteiger partial charge < -0.3 is 5.11 Å². The van der Waals surface area contributed by atoms with Crippen LogP contribution in [-0.4, -0.2) is 11.2 Å². The molecule has 0 bridgehead atoms. The van der Waals surface area contributed by atoms with Crippen LogP contribution in [0.15, 0.2) is 35.5 Å². The van der Waals surface area contributed by atoms with Crippen LogP contribution in [0, 0.1) is 23.2 Å². The fraction of sp³-hybridized carbons (Fsp3) is 0.739. The minimum absolute atomic E-state index is 0.318. The molecule has 0 radical (unpaired) electrons. The molecule has 3 rings (SSSR count). The number of fused-ring (bicyclic) bond motifs is 1. The van der Waals surface area contributed by atoms with Crippen LogP contribution in [0.25, 0.3) is 0 Å². The summed E-state index contributed by atoms with van der Waals surface area (Å²) < 4.78 is 0. The molecule has 3 saturated carbocycles. The maximum absolute atomic E-state index is 10.0. The lowest BCUT2D eigenvalue weighted by Gasteiger charge is -2.44. The molecule has 2 unspecified atom stereocenters. The van der Waals surface area contributed by atoms with Gasteiger partial charge in [-0.05, 0) is 80.1 Å². The molecule has 134 valence electrons. The SMILES string of the molecule is C=C1CC/C(=C/C=C2\CCC[C@@]3(C)C2CCC3[C@@H](C)CC)C[C@H]1O. The van der Waals surface area contributed by atoms with Gasteiger partial charge in [-0.1, -0.05) is 57.1 Å². The summed E-state index contributed by atoms with van der Waals surface area (Å²) in [4.78, 5) is 0.